The summed E-state index contributed by atoms with van der Waals surface area (Å²) in [7, 11) is 0. The molecule has 22 heavy (non-hydrogen) atoms. The molecule has 2 aliphatic rings. The third-order valence-electron chi connectivity index (χ3n) is 4.55. The Balaban J connectivity index is 1.51. The predicted molar refractivity (Wildman–Crippen MR) is 81.2 cm³/mol. The van der Waals surface area contributed by atoms with E-state index in [1.165, 1.54) is 5.56 Å². The topological polar surface area (TPSA) is 84.2 Å². The SMILES string of the molecule is Nc1cn[nH]c1C1CCN(C(=O)c2ccc3c(c2)COC3)C1. The zero-order valence-electron chi connectivity index (χ0n) is 12.2. The zero-order valence-corrected chi connectivity index (χ0v) is 12.2. The van der Waals surface area contributed by atoms with Gasteiger partial charge in [0.15, 0.2) is 0 Å². The molecule has 0 saturated carbocycles. The summed E-state index contributed by atoms with van der Waals surface area (Å²) in [5.41, 5.74) is 10.6. The van der Waals surface area contributed by atoms with E-state index in [1.54, 1.807) is 6.20 Å². The summed E-state index contributed by atoms with van der Waals surface area (Å²) in [5.74, 6) is 0.319. The third kappa shape index (κ3) is 2.16. The number of hydrogen-bond donors (Lipinski definition) is 2. The number of nitrogens with two attached hydrogens (primary N) is 1. The molecule has 0 spiro atoms. The third-order valence-corrected chi connectivity index (χ3v) is 4.55. The average molecular weight is 298 g/mol. The number of nitrogen functional groups attached to an aromatic ring is 1. The van der Waals surface area contributed by atoms with Crippen LogP contribution >= 0.6 is 0 Å². The molecule has 1 saturated heterocycles. The molecule has 3 N–H and O–H groups in total. The number of rotatable bonds is 2. The normalized spacial score (nSPS) is 20.4. The lowest BCUT2D eigenvalue weighted by atomic mass is 10.0. The number of fused-ring (bicyclic) bond motifs is 1. The predicted octanol–water partition coefficient (Wildman–Crippen LogP) is 1.65. The Morgan fingerprint density at radius 3 is 3.05 bits per heavy atom. The van der Waals surface area contributed by atoms with Gasteiger partial charge in [0.2, 0.25) is 0 Å². The molecular weight excluding hydrogens is 280 g/mol. The minimum absolute atomic E-state index is 0.0790. The fraction of sp³-hybridized carbons (Fsp3) is 0.375. The van der Waals surface area contributed by atoms with Crippen LogP contribution in [-0.4, -0.2) is 34.1 Å². The molecule has 1 atom stereocenters. The van der Waals surface area contributed by atoms with Gasteiger partial charge in [-0.05, 0) is 29.7 Å². The van der Waals surface area contributed by atoms with Crippen LogP contribution in [0.5, 0.6) is 0 Å². The zero-order chi connectivity index (χ0) is 15.1. The Kier molecular flexibility index (Phi) is 3.11. The van der Waals surface area contributed by atoms with Gasteiger partial charge in [-0.2, -0.15) is 5.10 Å². The van der Waals surface area contributed by atoms with E-state index in [0.717, 1.165) is 29.8 Å². The van der Waals surface area contributed by atoms with Gasteiger partial charge in [-0.3, -0.25) is 9.89 Å². The van der Waals surface area contributed by atoms with Gasteiger partial charge in [-0.25, -0.2) is 0 Å². The van der Waals surface area contributed by atoms with Gasteiger partial charge in [0, 0.05) is 24.6 Å². The van der Waals surface area contributed by atoms with Gasteiger partial charge in [0.1, 0.15) is 0 Å². The molecule has 2 aromatic rings. The van der Waals surface area contributed by atoms with Gasteiger partial charge in [-0.1, -0.05) is 6.07 Å². The molecule has 1 aromatic heterocycles. The smallest absolute Gasteiger partial charge is 0.253 e. The molecule has 1 unspecified atom stereocenters. The van der Waals surface area contributed by atoms with Crippen LogP contribution in [0, 0.1) is 0 Å². The van der Waals surface area contributed by atoms with E-state index < -0.39 is 0 Å². The second-order valence-corrected chi connectivity index (χ2v) is 5.95. The van der Waals surface area contributed by atoms with Gasteiger partial charge in [0.05, 0.1) is 30.8 Å². The molecular formula is C16H18N4O2. The molecule has 0 aliphatic carbocycles. The van der Waals surface area contributed by atoms with Crippen molar-refractivity contribution < 1.29 is 9.53 Å². The lowest BCUT2D eigenvalue weighted by Gasteiger charge is -2.17. The number of aromatic amines is 1. The maximum absolute atomic E-state index is 12.7. The van der Waals surface area contributed by atoms with E-state index in [1.807, 2.05) is 23.1 Å². The Morgan fingerprint density at radius 1 is 1.36 bits per heavy atom. The number of H-pyrrole nitrogens is 1. The first-order chi connectivity index (χ1) is 10.7. The average Bonchev–Trinajstić information content (AvgIpc) is 3.25. The van der Waals surface area contributed by atoms with Crippen LogP contribution in [0.15, 0.2) is 24.4 Å². The van der Waals surface area contributed by atoms with Crippen molar-refractivity contribution in [1.82, 2.24) is 15.1 Å². The molecule has 1 amide bonds. The van der Waals surface area contributed by atoms with E-state index in [2.05, 4.69) is 10.2 Å². The minimum Gasteiger partial charge on any atom is -0.396 e. The second-order valence-electron chi connectivity index (χ2n) is 5.95. The first kappa shape index (κ1) is 13.3. The highest BCUT2D eigenvalue weighted by Gasteiger charge is 2.30. The molecule has 0 bridgehead atoms. The maximum atomic E-state index is 12.7. The van der Waals surface area contributed by atoms with E-state index in [9.17, 15) is 4.79 Å². The fourth-order valence-corrected chi connectivity index (χ4v) is 3.30. The lowest BCUT2D eigenvalue weighted by molar-refractivity contribution is 0.0790. The van der Waals surface area contributed by atoms with E-state index in [-0.39, 0.29) is 11.8 Å². The number of nitrogens with one attached hydrogen (secondary N) is 1. The summed E-state index contributed by atoms with van der Waals surface area (Å²) < 4.78 is 5.40. The molecule has 3 heterocycles. The summed E-state index contributed by atoms with van der Waals surface area (Å²) in [5, 5.41) is 6.92. The van der Waals surface area contributed by atoms with Crippen LogP contribution in [0.2, 0.25) is 0 Å². The maximum Gasteiger partial charge on any atom is 0.253 e. The van der Waals surface area contributed by atoms with E-state index >= 15 is 0 Å². The molecule has 6 nitrogen and oxygen atoms in total. The summed E-state index contributed by atoms with van der Waals surface area (Å²) in [6.45, 7) is 2.67. The van der Waals surface area contributed by atoms with Gasteiger partial charge in [-0.15, -0.1) is 0 Å². The number of anilines is 1. The number of carbonyl (C=O) groups is 1. The van der Waals surface area contributed by atoms with Crippen molar-refractivity contribution in [3.63, 3.8) is 0 Å². The Hall–Kier alpha value is -2.34. The van der Waals surface area contributed by atoms with E-state index in [0.29, 0.717) is 25.4 Å². The summed E-state index contributed by atoms with van der Waals surface area (Å²) in [4.78, 5) is 14.6. The highest BCUT2D eigenvalue weighted by Crippen LogP contribution is 2.30. The summed E-state index contributed by atoms with van der Waals surface area (Å²) in [6, 6.07) is 5.85. The molecule has 1 fully saturated rings. The Morgan fingerprint density at radius 2 is 2.23 bits per heavy atom. The van der Waals surface area contributed by atoms with Crippen LogP contribution in [-0.2, 0) is 18.0 Å². The number of nitrogens with zero attached hydrogens (tertiary/aromatic N) is 2. The lowest BCUT2D eigenvalue weighted by Crippen LogP contribution is -2.28. The van der Waals surface area contributed by atoms with Crippen LogP contribution in [0.25, 0.3) is 0 Å². The highest BCUT2D eigenvalue weighted by atomic mass is 16.5. The molecule has 4 rings (SSSR count). The second kappa shape index (κ2) is 5.14. The first-order valence-corrected chi connectivity index (χ1v) is 7.50. The summed E-state index contributed by atoms with van der Waals surface area (Å²) >= 11 is 0. The number of carbonyl (C=O) groups excluding carboxylic acids is 1. The monoisotopic (exact) mass is 298 g/mol. The standard InChI is InChI=1S/C16H18N4O2/c17-14-6-18-19-15(14)11-3-4-20(7-11)16(21)10-1-2-12-8-22-9-13(12)5-10/h1-2,5-6,11H,3-4,7-9,17H2,(H,18,19). The van der Waals surface area contributed by atoms with Crippen molar-refractivity contribution in [1.29, 1.82) is 0 Å². The van der Waals surface area contributed by atoms with Gasteiger partial charge in [0.25, 0.3) is 5.91 Å². The highest BCUT2D eigenvalue weighted by molar-refractivity contribution is 5.94. The Bertz CT molecular complexity index is 725. The molecule has 114 valence electrons. The van der Waals surface area contributed by atoms with Crippen molar-refractivity contribution in [3.8, 4) is 0 Å². The van der Waals surface area contributed by atoms with E-state index in [4.69, 9.17) is 10.5 Å². The van der Waals surface area contributed by atoms with Gasteiger partial charge >= 0.3 is 0 Å². The number of benzene rings is 1. The van der Waals surface area contributed by atoms with Gasteiger partial charge < -0.3 is 15.4 Å². The fourth-order valence-electron chi connectivity index (χ4n) is 3.30. The van der Waals surface area contributed by atoms with Crippen LogP contribution < -0.4 is 5.73 Å². The van der Waals surface area contributed by atoms with Crippen molar-refractivity contribution >= 4 is 11.6 Å². The number of amides is 1. The van der Waals surface area contributed by atoms with Crippen molar-refractivity contribution in [2.45, 2.75) is 25.6 Å². The molecule has 6 heteroatoms. The number of ether oxygens (including phenoxy) is 1. The van der Waals surface area contributed by atoms with Crippen molar-refractivity contribution in [3.05, 3.63) is 46.8 Å². The van der Waals surface area contributed by atoms with Crippen molar-refractivity contribution in [2.75, 3.05) is 18.8 Å². The molecule has 0 radical (unpaired) electrons. The quantitative estimate of drug-likeness (QED) is 0.883. The van der Waals surface area contributed by atoms with Crippen LogP contribution in [0.4, 0.5) is 5.69 Å². The molecule has 1 aromatic carbocycles. The minimum atomic E-state index is 0.0790. The first-order valence-electron chi connectivity index (χ1n) is 7.50. The van der Waals surface area contributed by atoms with Crippen LogP contribution in [0.3, 0.4) is 0 Å². The molecule has 2 aliphatic heterocycles. The van der Waals surface area contributed by atoms with Crippen LogP contribution in [0.1, 0.15) is 39.5 Å². The number of hydrogen-bond acceptors (Lipinski definition) is 4. The van der Waals surface area contributed by atoms with Crippen molar-refractivity contribution in [2.24, 2.45) is 0 Å². The number of aromatic nitrogens is 2. The number of likely N-dealkylation sites (tertiary alicyclic amines) is 1. The largest absolute Gasteiger partial charge is 0.396 e. The summed E-state index contributed by atoms with van der Waals surface area (Å²) in [6.07, 6.45) is 2.53. The Labute approximate surface area is 128 Å².